The summed E-state index contributed by atoms with van der Waals surface area (Å²) < 4.78 is 1.78. The summed E-state index contributed by atoms with van der Waals surface area (Å²) in [5, 5.41) is 7.78. The van der Waals surface area contributed by atoms with Crippen LogP contribution in [0, 0.1) is 0 Å². The number of anilines is 1. The van der Waals surface area contributed by atoms with Crippen molar-refractivity contribution in [2.24, 2.45) is 7.05 Å². The normalized spacial score (nSPS) is 18.2. The number of hydrogen-bond acceptors (Lipinski definition) is 3. The molecular formula is C15H18N4O. The number of nitrogens with zero attached hydrogens (tertiary/aromatic N) is 3. The van der Waals surface area contributed by atoms with Crippen molar-refractivity contribution < 1.29 is 4.79 Å². The number of para-hydroxylation sites is 1. The maximum atomic E-state index is 12.0. The van der Waals surface area contributed by atoms with Gasteiger partial charge in [-0.25, -0.2) is 0 Å². The monoisotopic (exact) mass is 270 g/mol. The number of benzene rings is 1. The number of hydrogen-bond donors (Lipinski definition) is 1. The lowest BCUT2D eigenvalue weighted by Gasteiger charge is -2.32. The lowest BCUT2D eigenvalue weighted by Crippen LogP contribution is -2.37. The molecule has 1 N–H and O–H groups in total. The zero-order valence-corrected chi connectivity index (χ0v) is 11.7. The standard InChI is InChI=1S/C15H18N4O/c1-18-8-7-11(17-18)10-16-13-9-15(20)19(2)14-6-4-3-5-12(13)14/h3-8,13,16H,9-10H2,1-2H3. The van der Waals surface area contributed by atoms with Gasteiger partial charge in [-0.2, -0.15) is 5.10 Å². The molecule has 1 amide bonds. The molecule has 1 aliphatic rings. The van der Waals surface area contributed by atoms with Crippen LogP contribution in [0.4, 0.5) is 5.69 Å². The molecule has 0 radical (unpaired) electrons. The number of fused-ring (bicyclic) bond motifs is 1. The van der Waals surface area contributed by atoms with Crippen LogP contribution in [-0.4, -0.2) is 22.7 Å². The third kappa shape index (κ3) is 2.32. The van der Waals surface area contributed by atoms with Crippen molar-refractivity contribution in [1.29, 1.82) is 0 Å². The summed E-state index contributed by atoms with van der Waals surface area (Å²) >= 11 is 0. The Labute approximate surface area is 118 Å². The number of amides is 1. The van der Waals surface area contributed by atoms with Crippen LogP contribution in [0.5, 0.6) is 0 Å². The number of rotatable bonds is 3. The maximum absolute atomic E-state index is 12.0. The lowest BCUT2D eigenvalue weighted by atomic mass is 9.96. The topological polar surface area (TPSA) is 50.2 Å². The van der Waals surface area contributed by atoms with Gasteiger partial charge in [-0.3, -0.25) is 9.48 Å². The Balaban J connectivity index is 1.80. The predicted molar refractivity (Wildman–Crippen MR) is 77.3 cm³/mol. The summed E-state index contributed by atoms with van der Waals surface area (Å²) in [6.45, 7) is 0.664. The van der Waals surface area contributed by atoms with Gasteiger partial charge in [-0.05, 0) is 17.7 Å². The Morgan fingerprint density at radius 1 is 1.30 bits per heavy atom. The summed E-state index contributed by atoms with van der Waals surface area (Å²) in [7, 11) is 3.73. The van der Waals surface area contributed by atoms with Crippen molar-refractivity contribution in [3.8, 4) is 0 Å². The van der Waals surface area contributed by atoms with Gasteiger partial charge in [0.15, 0.2) is 0 Å². The molecule has 1 atom stereocenters. The van der Waals surface area contributed by atoms with Gasteiger partial charge in [0.1, 0.15) is 0 Å². The molecule has 2 aromatic rings. The fourth-order valence-corrected chi connectivity index (χ4v) is 2.61. The van der Waals surface area contributed by atoms with Gasteiger partial charge in [-0.15, -0.1) is 0 Å². The molecule has 0 spiro atoms. The van der Waals surface area contributed by atoms with Gasteiger partial charge in [0.2, 0.25) is 5.91 Å². The van der Waals surface area contributed by atoms with Crippen molar-refractivity contribution in [2.75, 3.05) is 11.9 Å². The Morgan fingerprint density at radius 3 is 2.85 bits per heavy atom. The highest BCUT2D eigenvalue weighted by Gasteiger charge is 2.28. The van der Waals surface area contributed by atoms with Crippen LogP contribution in [0.1, 0.15) is 23.7 Å². The number of aryl methyl sites for hydroxylation is 1. The van der Waals surface area contributed by atoms with E-state index >= 15 is 0 Å². The van der Waals surface area contributed by atoms with E-state index in [0.717, 1.165) is 11.4 Å². The fraction of sp³-hybridized carbons (Fsp3) is 0.333. The van der Waals surface area contributed by atoms with E-state index in [1.54, 1.807) is 9.58 Å². The van der Waals surface area contributed by atoms with E-state index in [0.29, 0.717) is 13.0 Å². The second-order valence-electron chi connectivity index (χ2n) is 5.13. The second kappa shape index (κ2) is 5.09. The highest BCUT2D eigenvalue weighted by molar-refractivity contribution is 5.96. The van der Waals surface area contributed by atoms with Gasteiger partial charge in [0, 0.05) is 45.0 Å². The fourth-order valence-electron chi connectivity index (χ4n) is 2.61. The third-order valence-corrected chi connectivity index (χ3v) is 3.72. The summed E-state index contributed by atoms with van der Waals surface area (Å²) in [6, 6.07) is 10.1. The minimum atomic E-state index is 0.0527. The van der Waals surface area contributed by atoms with Crippen molar-refractivity contribution >= 4 is 11.6 Å². The van der Waals surface area contributed by atoms with E-state index in [-0.39, 0.29) is 11.9 Å². The first-order valence-electron chi connectivity index (χ1n) is 6.72. The smallest absolute Gasteiger partial charge is 0.228 e. The van der Waals surface area contributed by atoms with Gasteiger partial charge in [0.25, 0.3) is 0 Å². The molecule has 20 heavy (non-hydrogen) atoms. The molecule has 5 nitrogen and oxygen atoms in total. The van der Waals surface area contributed by atoms with Crippen LogP contribution < -0.4 is 10.2 Å². The van der Waals surface area contributed by atoms with Crippen LogP contribution in [0.15, 0.2) is 36.5 Å². The minimum Gasteiger partial charge on any atom is -0.315 e. The molecule has 1 aromatic carbocycles. The predicted octanol–water partition coefficient (Wildman–Crippen LogP) is 1.62. The largest absolute Gasteiger partial charge is 0.315 e. The second-order valence-corrected chi connectivity index (χ2v) is 5.13. The van der Waals surface area contributed by atoms with Crippen LogP contribution >= 0.6 is 0 Å². The number of aromatic nitrogens is 2. The molecule has 1 aliphatic heterocycles. The SMILES string of the molecule is CN1C(=O)CC(NCc2ccn(C)n2)c2ccccc21. The zero-order chi connectivity index (χ0) is 14.1. The zero-order valence-electron chi connectivity index (χ0n) is 11.7. The van der Waals surface area contributed by atoms with Crippen LogP contribution in [0.3, 0.4) is 0 Å². The van der Waals surface area contributed by atoms with E-state index < -0.39 is 0 Å². The summed E-state index contributed by atoms with van der Waals surface area (Å²) in [4.78, 5) is 13.8. The molecule has 0 aliphatic carbocycles. The average molecular weight is 270 g/mol. The first-order chi connectivity index (χ1) is 9.65. The van der Waals surface area contributed by atoms with E-state index in [4.69, 9.17) is 0 Å². The molecule has 0 bridgehead atoms. The van der Waals surface area contributed by atoms with Crippen LogP contribution in [-0.2, 0) is 18.4 Å². The summed E-state index contributed by atoms with van der Waals surface area (Å²) in [6.07, 6.45) is 2.41. The highest BCUT2D eigenvalue weighted by atomic mass is 16.2. The average Bonchev–Trinajstić information content (AvgIpc) is 2.87. The molecule has 1 aromatic heterocycles. The Hall–Kier alpha value is -2.14. The van der Waals surface area contributed by atoms with Crippen LogP contribution in [0.25, 0.3) is 0 Å². The molecule has 0 saturated carbocycles. The third-order valence-electron chi connectivity index (χ3n) is 3.72. The summed E-state index contributed by atoms with van der Waals surface area (Å²) in [5.41, 5.74) is 3.14. The van der Waals surface area contributed by atoms with Gasteiger partial charge in [-0.1, -0.05) is 18.2 Å². The number of carbonyl (C=O) groups excluding carboxylic acids is 1. The Kier molecular flexibility index (Phi) is 3.28. The first kappa shape index (κ1) is 12.9. The van der Waals surface area contributed by atoms with Crippen molar-refractivity contribution in [1.82, 2.24) is 15.1 Å². The summed E-state index contributed by atoms with van der Waals surface area (Å²) in [5.74, 6) is 0.141. The van der Waals surface area contributed by atoms with E-state index in [1.165, 1.54) is 5.56 Å². The highest BCUT2D eigenvalue weighted by Crippen LogP contribution is 2.33. The lowest BCUT2D eigenvalue weighted by molar-refractivity contribution is -0.119. The molecule has 0 saturated heterocycles. The number of carbonyl (C=O) groups is 1. The van der Waals surface area contributed by atoms with Crippen molar-refractivity contribution in [2.45, 2.75) is 19.0 Å². The molecule has 0 fully saturated rings. The van der Waals surface area contributed by atoms with E-state index in [2.05, 4.69) is 16.5 Å². The van der Waals surface area contributed by atoms with Gasteiger partial charge in [0.05, 0.1) is 5.69 Å². The number of nitrogens with one attached hydrogen (secondary N) is 1. The van der Waals surface area contributed by atoms with Crippen molar-refractivity contribution in [3.05, 3.63) is 47.8 Å². The Bertz CT molecular complexity index is 634. The quantitative estimate of drug-likeness (QED) is 0.922. The minimum absolute atomic E-state index is 0.0527. The Morgan fingerprint density at radius 2 is 2.10 bits per heavy atom. The molecule has 104 valence electrons. The van der Waals surface area contributed by atoms with Crippen molar-refractivity contribution in [3.63, 3.8) is 0 Å². The molecule has 5 heteroatoms. The van der Waals surface area contributed by atoms with Crippen LogP contribution in [0.2, 0.25) is 0 Å². The van der Waals surface area contributed by atoms with Gasteiger partial charge < -0.3 is 10.2 Å². The maximum Gasteiger partial charge on any atom is 0.228 e. The molecular weight excluding hydrogens is 252 g/mol. The van der Waals surface area contributed by atoms with Gasteiger partial charge >= 0.3 is 0 Å². The van der Waals surface area contributed by atoms with E-state index in [1.807, 2.05) is 44.6 Å². The molecule has 1 unspecified atom stereocenters. The molecule has 3 rings (SSSR count). The first-order valence-corrected chi connectivity index (χ1v) is 6.72. The molecule has 2 heterocycles. The van der Waals surface area contributed by atoms with E-state index in [9.17, 15) is 4.79 Å².